The van der Waals surface area contributed by atoms with Gasteiger partial charge in [-0.05, 0) is 50.1 Å². The fourth-order valence-corrected chi connectivity index (χ4v) is 2.88. The van der Waals surface area contributed by atoms with Gasteiger partial charge in [0.1, 0.15) is 0 Å². The van der Waals surface area contributed by atoms with E-state index in [4.69, 9.17) is 4.74 Å². The predicted molar refractivity (Wildman–Crippen MR) is 110 cm³/mol. The first-order chi connectivity index (χ1) is 13.3. The van der Waals surface area contributed by atoms with Gasteiger partial charge in [0.15, 0.2) is 0 Å². The summed E-state index contributed by atoms with van der Waals surface area (Å²) in [6, 6.07) is 12.4. The molecule has 2 aromatic rings. The Bertz CT molecular complexity index is 877. The molecule has 0 bridgehead atoms. The summed E-state index contributed by atoms with van der Waals surface area (Å²) in [4.78, 5) is 38.2. The lowest BCUT2D eigenvalue weighted by Crippen LogP contribution is -2.32. The zero-order chi connectivity index (χ0) is 20.7. The highest BCUT2D eigenvalue weighted by molar-refractivity contribution is 6.01. The van der Waals surface area contributed by atoms with E-state index in [-0.39, 0.29) is 31.4 Å². The maximum absolute atomic E-state index is 12.5. The zero-order valence-electron chi connectivity index (χ0n) is 16.7. The Morgan fingerprint density at radius 2 is 1.75 bits per heavy atom. The van der Waals surface area contributed by atoms with Gasteiger partial charge in [-0.15, -0.1) is 0 Å². The number of aryl methyl sites for hydroxylation is 1. The molecule has 0 fully saturated rings. The van der Waals surface area contributed by atoms with Gasteiger partial charge in [0.25, 0.3) is 0 Å². The van der Waals surface area contributed by atoms with E-state index in [1.54, 1.807) is 36.1 Å². The number of para-hydroxylation sites is 1. The molecule has 0 aromatic heterocycles. The van der Waals surface area contributed by atoms with Crippen molar-refractivity contribution in [3.05, 3.63) is 59.2 Å². The maximum atomic E-state index is 12.5. The first-order valence-electron chi connectivity index (χ1n) is 9.25. The number of hydrogen-bond acceptors (Lipinski definition) is 4. The zero-order valence-corrected chi connectivity index (χ0v) is 16.7. The molecule has 0 atom stereocenters. The summed E-state index contributed by atoms with van der Waals surface area (Å²) in [5, 5.41) is 2.74. The minimum Gasteiger partial charge on any atom is -0.462 e. The lowest BCUT2D eigenvalue weighted by atomic mass is 10.1. The Morgan fingerprint density at radius 1 is 1.04 bits per heavy atom. The van der Waals surface area contributed by atoms with E-state index in [0.29, 0.717) is 11.3 Å². The van der Waals surface area contributed by atoms with Crippen molar-refractivity contribution in [2.75, 3.05) is 23.4 Å². The van der Waals surface area contributed by atoms with Crippen molar-refractivity contribution in [1.82, 2.24) is 0 Å². The molecule has 6 heteroatoms. The number of nitrogens with zero attached hydrogens (tertiary/aromatic N) is 1. The van der Waals surface area contributed by atoms with E-state index in [9.17, 15) is 14.4 Å². The van der Waals surface area contributed by atoms with Crippen molar-refractivity contribution in [3.8, 4) is 0 Å². The molecule has 0 radical (unpaired) electrons. The van der Waals surface area contributed by atoms with Crippen LogP contribution >= 0.6 is 0 Å². The van der Waals surface area contributed by atoms with Gasteiger partial charge in [-0.25, -0.2) is 4.79 Å². The van der Waals surface area contributed by atoms with Crippen LogP contribution in [-0.4, -0.2) is 30.9 Å². The molecular weight excluding hydrogens is 356 g/mol. The number of carbonyl (C=O) groups excluding carboxylic acids is 3. The highest BCUT2D eigenvalue weighted by Gasteiger charge is 2.18. The average molecular weight is 382 g/mol. The number of carbonyl (C=O) groups is 3. The topological polar surface area (TPSA) is 75.7 Å². The molecule has 0 unspecified atom stereocenters. The molecule has 6 nitrogen and oxygen atoms in total. The Balaban J connectivity index is 2.10. The van der Waals surface area contributed by atoms with Crippen LogP contribution in [0, 0.1) is 13.8 Å². The Kier molecular flexibility index (Phi) is 7.32. The van der Waals surface area contributed by atoms with Gasteiger partial charge in [-0.2, -0.15) is 0 Å². The van der Waals surface area contributed by atoms with Crippen LogP contribution in [0.25, 0.3) is 0 Å². The van der Waals surface area contributed by atoms with Crippen molar-refractivity contribution in [1.29, 1.82) is 0 Å². The third-order valence-corrected chi connectivity index (χ3v) is 4.51. The number of anilines is 2. The molecule has 0 aliphatic heterocycles. The second-order valence-corrected chi connectivity index (χ2v) is 6.45. The fourth-order valence-electron chi connectivity index (χ4n) is 2.88. The van der Waals surface area contributed by atoms with Crippen LogP contribution in [0.5, 0.6) is 0 Å². The van der Waals surface area contributed by atoms with Crippen LogP contribution in [0.3, 0.4) is 0 Å². The van der Waals surface area contributed by atoms with Crippen molar-refractivity contribution in [2.24, 2.45) is 0 Å². The highest BCUT2D eigenvalue weighted by Crippen LogP contribution is 2.23. The summed E-state index contributed by atoms with van der Waals surface area (Å²) in [6.45, 7) is 7.64. The van der Waals surface area contributed by atoms with Gasteiger partial charge < -0.3 is 15.0 Å². The first kappa shape index (κ1) is 21.2. The number of hydrogen-bond donors (Lipinski definition) is 1. The summed E-state index contributed by atoms with van der Waals surface area (Å²) in [5.41, 5.74) is 3.58. The molecule has 2 amide bonds. The van der Waals surface area contributed by atoms with Crippen LogP contribution in [0.2, 0.25) is 0 Å². The molecule has 2 rings (SSSR count). The number of amides is 2. The van der Waals surface area contributed by atoms with Crippen molar-refractivity contribution >= 4 is 29.2 Å². The molecule has 0 heterocycles. The van der Waals surface area contributed by atoms with E-state index in [2.05, 4.69) is 5.32 Å². The maximum Gasteiger partial charge on any atom is 0.340 e. The van der Waals surface area contributed by atoms with Crippen molar-refractivity contribution < 1.29 is 19.1 Å². The fraction of sp³-hybridized carbons (Fsp3) is 0.318. The second kappa shape index (κ2) is 9.69. The van der Waals surface area contributed by atoms with Crippen molar-refractivity contribution in [2.45, 2.75) is 34.1 Å². The summed E-state index contributed by atoms with van der Waals surface area (Å²) >= 11 is 0. The monoisotopic (exact) mass is 382 g/mol. The number of benzene rings is 2. The molecule has 28 heavy (non-hydrogen) atoms. The largest absolute Gasteiger partial charge is 0.462 e. The Labute approximate surface area is 165 Å². The average Bonchev–Trinajstić information content (AvgIpc) is 2.65. The normalized spacial score (nSPS) is 10.3. The predicted octanol–water partition coefficient (Wildman–Crippen LogP) is 3.86. The van der Waals surface area contributed by atoms with Gasteiger partial charge in [0.05, 0.1) is 17.9 Å². The summed E-state index contributed by atoms with van der Waals surface area (Å²) < 4.78 is 5.02. The van der Waals surface area contributed by atoms with Crippen LogP contribution in [0.15, 0.2) is 42.5 Å². The molecule has 1 N–H and O–H groups in total. The summed E-state index contributed by atoms with van der Waals surface area (Å²) in [7, 11) is 0. The quantitative estimate of drug-likeness (QED) is 0.738. The lowest BCUT2D eigenvalue weighted by Gasteiger charge is -2.24. The SMILES string of the molecule is CCOC(=O)c1ccccc1NC(=O)CCN(C(C)=O)c1cccc(C)c1C. The highest BCUT2D eigenvalue weighted by atomic mass is 16.5. The molecule has 0 saturated carbocycles. The molecule has 0 spiro atoms. The van der Waals surface area contributed by atoms with Gasteiger partial charge in [0, 0.05) is 25.6 Å². The molecule has 0 aliphatic rings. The smallest absolute Gasteiger partial charge is 0.340 e. The number of rotatable bonds is 7. The number of nitrogens with one attached hydrogen (secondary N) is 1. The molecule has 148 valence electrons. The van der Waals surface area contributed by atoms with E-state index < -0.39 is 5.97 Å². The first-order valence-corrected chi connectivity index (χ1v) is 9.25. The lowest BCUT2D eigenvalue weighted by molar-refractivity contribution is -0.117. The summed E-state index contributed by atoms with van der Waals surface area (Å²) in [5.74, 6) is -0.902. The molecular formula is C22H26N2O4. The Morgan fingerprint density at radius 3 is 2.43 bits per heavy atom. The minimum atomic E-state index is -0.487. The molecule has 0 aliphatic carbocycles. The van der Waals surface area contributed by atoms with Crippen LogP contribution < -0.4 is 10.2 Å². The molecule has 2 aromatic carbocycles. The number of esters is 1. The third kappa shape index (κ3) is 5.19. The van der Waals surface area contributed by atoms with E-state index in [0.717, 1.165) is 16.8 Å². The van der Waals surface area contributed by atoms with Gasteiger partial charge in [-0.1, -0.05) is 24.3 Å². The van der Waals surface area contributed by atoms with Crippen LogP contribution in [-0.2, 0) is 14.3 Å². The standard InChI is InChI=1S/C22H26N2O4/c1-5-28-22(27)18-10-6-7-11-19(18)23-21(26)13-14-24(17(4)25)20-12-8-9-15(2)16(20)3/h6-12H,5,13-14H2,1-4H3,(H,23,26). The van der Waals surface area contributed by atoms with E-state index in [1.165, 1.54) is 6.92 Å². The molecule has 0 saturated heterocycles. The van der Waals surface area contributed by atoms with Crippen LogP contribution in [0.1, 0.15) is 41.8 Å². The Hall–Kier alpha value is -3.15. The van der Waals surface area contributed by atoms with Gasteiger partial charge >= 0.3 is 5.97 Å². The minimum absolute atomic E-state index is 0.101. The van der Waals surface area contributed by atoms with E-state index >= 15 is 0 Å². The number of ether oxygens (including phenoxy) is 1. The summed E-state index contributed by atoms with van der Waals surface area (Å²) in [6.07, 6.45) is 0.101. The van der Waals surface area contributed by atoms with Gasteiger partial charge in [-0.3, -0.25) is 9.59 Å². The van der Waals surface area contributed by atoms with Crippen LogP contribution in [0.4, 0.5) is 11.4 Å². The van der Waals surface area contributed by atoms with Gasteiger partial charge in [0.2, 0.25) is 11.8 Å². The third-order valence-electron chi connectivity index (χ3n) is 4.51. The van der Waals surface area contributed by atoms with E-state index in [1.807, 2.05) is 32.0 Å². The second-order valence-electron chi connectivity index (χ2n) is 6.45. The van der Waals surface area contributed by atoms with Crippen molar-refractivity contribution in [3.63, 3.8) is 0 Å².